The summed E-state index contributed by atoms with van der Waals surface area (Å²) in [6, 6.07) is 9.55. The number of rotatable bonds is 3. The van der Waals surface area contributed by atoms with Crippen molar-refractivity contribution >= 4 is 51.1 Å². The number of carbonyl (C=O) groups excluding carboxylic acids is 1. The van der Waals surface area contributed by atoms with E-state index in [2.05, 4.69) is 27.5 Å². The van der Waals surface area contributed by atoms with Crippen LogP contribution in [0, 0.1) is 0 Å². The average Bonchev–Trinajstić information content (AvgIpc) is 3.41. The van der Waals surface area contributed by atoms with Gasteiger partial charge in [-0.15, -0.1) is 11.3 Å². The number of thiol groups is 1. The third-order valence-electron chi connectivity index (χ3n) is 5.29. The highest BCUT2D eigenvalue weighted by Crippen LogP contribution is 2.28. The number of anilines is 1. The normalized spacial score (nSPS) is 21.0. The molecule has 164 valence electrons. The fraction of sp³-hybridized carbons (Fsp3) is 0.348. The molecule has 1 fully saturated rings. The molecule has 0 unspecified atom stereocenters. The molecule has 0 radical (unpaired) electrons. The number of guanidine groups is 1. The molecule has 1 aromatic heterocycles. The molecule has 31 heavy (non-hydrogen) atoms. The van der Waals surface area contributed by atoms with Crippen molar-refractivity contribution in [2.24, 2.45) is 9.98 Å². The Hall–Kier alpha value is -2.58. The van der Waals surface area contributed by atoms with Crippen LogP contribution in [0.1, 0.15) is 39.4 Å². The number of hydrogen-bond donors (Lipinski definition) is 2. The highest BCUT2D eigenvalue weighted by Gasteiger charge is 2.22. The van der Waals surface area contributed by atoms with Gasteiger partial charge in [0.05, 0.1) is 11.4 Å². The second-order valence-electron chi connectivity index (χ2n) is 8.12. The number of nitrogens with zero attached hydrogens (tertiary/aromatic N) is 3. The topological polar surface area (TPSA) is 74.1 Å². The number of fused-ring (bicyclic) bond motifs is 1. The van der Waals surface area contributed by atoms with Gasteiger partial charge in [0, 0.05) is 41.2 Å². The second kappa shape index (κ2) is 9.28. The molecule has 0 bridgehead atoms. The Kier molecular flexibility index (Phi) is 6.48. The highest BCUT2D eigenvalue weighted by molar-refractivity contribution is 8.01. The SMILES string of the molecule is C[SH](C)(=O)c1cccc(NC2=N/Cc3cc(C(=O)N4CCCC4)sc3/C=C\C/C=N\2)c1. The predicted octanol–water partition coefficient (Wildman–Crippen LogP) is 4.08. The Labute approximate surface area is 188 Å². The van der Waals surface area contributed by atoms with Gasteiger partial charge in [0.2, 0.25) is 5.96 Å². The summed E-state index contributed by atoms with van der Waals surface area (Å²) in [5.74, 6) is 0.622. The fourth-order valence-electron chi connectivity index (χ4n) is 3.58. The monoisotopic (exact) mass is 456 g/mol. The third-order valence-corrected chi connectivity index (χ3v) is 7.95. The van der Waals surface area contributed by atoms with Gasteiger partial charge < -0.3 is 10.2 Å². The molecule has 6 nitrogen and oxygen atoms in total. The molecule has 1 amide bonds. The molecule has 2 aromatic rings. The van der Waals surface area contributed by atoms with Crippen molar-refractivity contribution in [2.45, 2.75) is 30.7 Å². The first-order chi connectivity index (χ1) is 14.9. The summed E-state index contributed by atoms with van der Waals surface area (Å²) in [6.45, 7) is 2.13. The Morgan fingerprint density at radius 3 is 2.77 bits per heavy atom. The number of amides is 1. The summed E-state index contributed by atoms with van der Waals surface area (Å²) in [5, 5.41) is 3.25. The quantitative estimate of drug-likeness (QED) is 0.684. The number of carbonyl (C=O) groups is 1. The summed E-state index contributed by atoms with van der Waals surface area (Å²) in [6.07, 6.45) is 12.3. The fourth-order valence-corrected chi connectivity index (χ4v) is 5.55. The van der Waals surface area contributed by atoms with E-state index in [4.69, 9.17) is 0 Å². The molecule has 8 heteroatoms. The molecule has 1 aromatic carbocycles. The molecule has 4 rings (SSSR count). The lowest BCUT2D eigenvalue weighted by Crippen LogP contribution is -2.26. The largest absolute Gasteiger partial charge is 0.338 e. The summed E-state index contributed by atoms with van der Waals surface area (Å²) in [4.78, 5) is 26.5. The first-order valence-electron chi connectivity index (χ1n) is 10.5. The molecular weight excluding hydrogens is 428 g/mol. The molecule has 0 atom stereocenters. The molecule has 0 saturated carbocycles. The van der Waals surface area contributed by atoms with Crippen LogP contribution in [0.4, 0.5) is 5.69 Å². The van der Waals surface area contributed by atoms with Crippen LogP contribution in [0.15, 0.2) is 51.3 Å². The van der Waals surface area contributed by atoms with Crippen LogP contribution in [0.3, 0.4) is 0 Å². The lowest BCUT2D eigenvalue weighted by molar-refractivity contribution is 0.0797. The zero-order valence-electron chi connectivity index (χ0n) is 17.9. The van der Waals surface area contributed by atoms with Crippen molar-refractivity contribution in [1.82, 2.24) is 4.90 Å². The van der Waals surface area contributed by atoms with Crippen molar-refractivity contribution in [1.29, 1.82) is 0 Å². The second-order valence-corrected chi connectivity index (χ2v) is 12.4. The highest BCUT2D eigenvalue weighted by atomic mass is 32.2. The minimum atomic E-state index is -2.35. The van der Waals surface area contributed by atoms with Gasteiger partial charge in [-0.25, -0.2) is 9.98 Å². The van der Waals surface area contributed by atoms with E-state index in [0.717, 1.165) is 51.8 Å². The Balaban J connectivity index is 1.57. The Morgan fingerprint density at radius 1 is 1.19 bits per heavy atom. The van der Waals surface area contributed by atoms with E-state index in [1.165, 1.54) is 11.3 Å². The lowest BCUT2D eigenvalue weighted by atomic mass is 10.2. The van der Waals surface area contributed by atoms with Gasteiger partial charge >= 0.3 is 0 Å². The lowest BCUT2D eigenvalue weighted by Gasteiger charge is -2.14. The molecule has 3 heterocycles. The number of likely N-dealkylation sites (tertiary alicyclic amines) is 1. The van der Waals surface area contributed by atoms with E-state index in [1.807, 2.05) is 41.4 Å². The van der Waals surface area contributed by atoms with Crippen molar-refractivity contribution in [3.63, 3.8) is 0 Å². The summed E-state index contributed by atoms with van der Waals surface area (Å²) in [7, 11) is -2.35. The summed E-state index contributed by atoms with van der Waals surface area (Å²) >= 11 is 1.54. The standard InChI is InChI=1S/C23H28N4O2S2/c1-31(2,29)19-9-7-8-18(15-19)26-23-24-11-4-3-10-20-17(16-25-23)14-21(30-20)22(28)27-12-5-6-13-27/h3,7-11,14-15,31H,4-6,12-13,16H2,1-2H3,(H,25,26)/b10-3-,24-11-. The van der Waals surface area contributed by atoms with Gasteiger partial charge in [-0.3, -0.25) is 9.00 Å². The maximum Gasteiger partial charge on any atom is 0.263 e. The van der Waals surface area contributed by atoms with Gasteiger partial charge in [-0.1, -0.05) is 22.1 Å². The van der Waals surface area contributed by atoms with Gasteiger partial charge in [-0.05, 0) is 61.3 Å². The maximum absolute atomic E-state index is 12.8. The van der Waals surface area contributed by atoms with Crippen molar-refractivity contribution in [2.75, 3.05) is 30.9 Å². The molecule has 2 aliphatic rings. The van der Waals surface area contributed by atoms with Crippen LogP contribution in [0.25, 0.3) is 6.08 Å². The van der Waals surface area contributed by atoms with Crippen molar-refractivity contribution < 1.29 is 9.00 Å². The number of nitrogens with one attached hydrogen (secondary N) is 1. The van der Waals surface area contributed by atoms with E-state index in [9.17, 15) is 9.00 Å². The predicted molar refractivity (Wildman–Crippen MR) is 132 cm³/mol. The van der Waals surface area contributed by atoms with Crippen LogP contribution in [-0.4, -0.2) is 52.8 Å². The van der Waals surface area contributed by atoms with Gasteiger partial charge in [-0.2, -0.15) is 0 Å². The minimum absolute atomic E-state index is 0.122. The van der Waals surface area contributed by atoms with E-state index < -0.39 is 9.93 Å². The average molecular weight is 457 g/mol. The van der Waals surface area contributed by atoms with Gasteiger partial charge in [0.25, 0.3) is 5.91 Å². The van der Waals surface area contributed by atoms with Crippen LogP contribution < -0.4 is 5.32 Å². The first-order valence-corrected chi connectivity index (χ1v) is 13.9. The van der Waals surface area contributed by atoms with Crippen molar-refractivity contribution in [3.8, 4) is 0 Å². The number of benzene rings is 1. The first kappa shape index (κ1) is 21.6. The number of aliphatic imine (C=N–C) groups is 2. The molecular formula is C23H28N4O2S2. The molecule has 0 spiro atoms. The van der Waals surface area contributed by atoms with E-state index in [0.29, 0.717) is 18.9 Å². The van der Waals surface area contributed by atoms with Crippen LogP contribution in [-0.2, 0) is 16.5 Å². The van der Waals surface area contributed by atoms with Crippen LogP contribution in [0.2, 0.25) is 0 Å². The smallest absolute Gasteiger partial charge is 0.263 e. The van der Waals surface area contributed by atoms with E-state index >= 15 is 0 Å². The molecule has 1 saturated heterocycles. The Morgan fingerprint density at radius 2 is 2.00 bits per heavy atom. The van der Waals surface area contributed by atoms with Crippen LogP contribution in [0.5, 0.6) is 0 Å². The third kappa shape index (κ3) is 5.37. The summed E-state index contributed by atoms with van der Waals surface area (Å²) in [5.41, 5.74) is 1.83. The number of allylic oxidation sites excluding steroid dienone is 1. The molecule has 2 aliphatic heterocycles. The van der Waals surface area contributed by atoms with Crippen molar-refractivity contribution in [3.05, 3.63) is 51.7 Å². The number of hydrogen-bond acceptors (Lipinski definition) is 6. The molecule has 1 N–H and O–H groups in total. The van der Waals surface area contributed by atoms with Gasteiger partial charge in [0.1, 0.15) is 0 Å². The Bertz CT molecular complexity index is 1100. The van der Waals surface area contributed by atoms with E-state index in [-0.39, 0.29) is 5.91 Å². The van der Waals surface area contributed by atoms with Crippen LogP contribution >= 0.6 is 11.3 Å². The van der Waals surface area contributed by atoms with E-state index in [1.54, 1.807) is 12.5 Å². The zero-order chi connectivity index (χ0) is 21.8. The number of thiophene rings is 1. The zero-order valence-corrected chi connectivity index (χ0v) is 19.6. The maximum atomic E-state index is 12.8. The summed E-state index contributed by atoms with van der Waals surface area (Å²) < 4.78 is 12.4. The van der Waals surface area contributed by atoms with Gasteiger partial charge in [0.15, 0.2) is 0 Å². The molecule has 0 aliphatic carbocycles. The minimum Gasteiger partial charge on any atom is -0.338 e.